The zero-order valence-corrected chi connectivity index (χ0v) is 15.6. The molecule has 4 heterocycles. The minimum Gasteiger partial charge on any atom is -0.392 e. The van der Waals surface area contributed by atoms with Crippen molar-refractivity contribution in [1.29, 1.82) is 0 Å². The van der Waals surface area contributed by atoms with Crippen molar-refractivity contribution in [2.75, 3.05) is 19.6 Å². The van der Waals surface area contributed by atoms with Crippen LogP contribution in [-0.2, 0) is 13.2 Å². The Hall–Kier alpha value is -1.98. The number of nitrogens with zero attached hydrogens (tertiary/aromatic N) is 3. The van der Waals surface area contributed by atoms with Crippen LogP contribution < -0.4 is 5.56 Å². The predicted octanol–water partition coefficient (Wildman–Crippen LogP) is 2.48. The van der Waals surface area contributed by atoms with Gasteiger partial charge in [-0.2, -0.15) is 0 Å². The first-order valence-corrected chi connectivity index (χ1v) is 9.56. The SMILES string of the molecule is CC(C)CN1C[C@@H]2C[C@H](C1)c1cc(-c3cc(CO)ccn3)cc(=O)n1C2. The highest BCUT2D eigenvalue weighted by atomic mass is 16.3. The molecule has 1 fully saturated rings. The second-order valence-electron chi connectivity index (χ2n) is 8.24. The first-order valence-electron chi connectivity index (χ1n) is 9.56. The summed E-state index contributed by atoms with van der Waals surface area (Å²) in [5.41, 5.74) is 3.65. The standard InChI is InChI=1S/C21H27N3O2/c1-14(2)9-23-10-16-5-18(12-23)20-7-17(8-21(26)24(20)11-16)19-6-15(13-25)3-4-22-19/h3-4,6-8,14,16,18,25H,5,9-13H2,1-2H3/t16-,18+/m0/s1. The van der Waals surface area contributed by atoms with Crippen molar-refractivity contribution in [3.8, 4) is 11.3 Å². The van der Waals surface area contributed by atoms with Gasteiger partial charge in [0.15, 0.2) is 0 Å². The predicted molar refractivity (Wildman–Crippen MR) is 102 cm³/mol. The zero-order valence-electron chi connectivity index (χ0n) is 15.6. The molecule has 1 saturated heterocycles. The fourth-order valence-corrected chi connectivity index (χ4v) is 4.60. The van der Waals surface area contributed by atoms with E-state index in [0.717, 1.165) is 48.7 Å². The third kappa shape index (κ3) is 3.33. The maximum absolute atomic E-state index is 12.8. The number of hydrogen-bond acceptors (Lipinski definition) is 4. The summed E-state index contributed by atoms with van der Waals surface area (Å²) in [6, 6.07) is 7.50. The van der Waals surface area contributed by atoms with Gasteiger partial charge in [-0.05, 0) is 42.0 Å². The quantitative estimate of drug-likeness (QED) is 0.917. The third-order valence-corrected chi connectivity index (χ3v) is 5.56. The van der Waals surface area contributed by atoms with E-state index in [9.17, 15) is 9.90 Å². The van der Waals surface area contributed by atoms with Gasteiger partial charge >= 0.3 is 0 Å². The zero-order chi connectivity index (χ0) is 18.3. The molecule has 0 spiro atoms. The highest BCUT2D eigenvalue weighted by Crippen LogP contribution is 2.36. The number of rotatable bonds is 4. The molecule has 4 rings (SSSR count). The lowest BCUT2D eigenvalue weighted by Crippen LogP contribution is -2.48. The van der Waals surface area contributed by atoms with E-state index in [2.05, 4.69) is 29.8 Å². The summed E-state index contributed by atoms with van der Waals surface area (Å²) in [7, 11) is 0. The van der Waals surface area contributed by atoms with Crippen molar-refractivity contribution >= 4 is 0 Å². The second kappa shape index (κ2) is 6.97. The number of likely N-dealkylation sites (tertiary alicyclic amines) is 1. The Bertz CT molecular complexity index is 859. The number of aliphatic hydroxyl groups is 1. The molecule has 2 bridgehead atoms. The average molecular weight is 353 g/mol. The molecule has 5 nitrogen and oxygen atoms in total. The Morgan fingerprint density at radius 1 is 1.23 bits per heavy atom. The van der Waals surface area contributed by atoms with E-state index in [1.54, 1.807) is 18.3 Å². The van der Waals surface area contributed by atoms with Crippen LogP contribution in [0.3, 0.4) is 0 Å². The van der Waals surface area contributed by atoms with Crippen LogP contribution in [0.5, 0.6) is 0 Å². The van der Waals surface area contributed by atoms with E-state index in [1.165, 1.54) is 6.42 Å². The van der Waals surface area contributed by atoms with Crippen LogP contribution in [0, 0.1) is 11.8 Å². The van der Waals surface area contributed by atoms with Crippen LogP contribution in [0.4, 0.5) is 0 Å². The first kappa shape index (κ1) is 17.4. The van der Waals surface area contributed by atoms with E-state index in [1.807, 2.05) is 10.6 Å². The summed E-state index contributed by atoms with van der Waals surface area (Å²) in [4.78, 5) is 19.8. The fourth-order valence-electron chi connectivity index (χ4n) is 4.60. The molecule has 1 N–H and O–H groups in total. The maximum Gasteiger partial charge on any atom is 0.251 e. The number of aromatic nitrogens is 2. The second-order valence-corrected chi connectivity index (χ2v) is 8.24. The van der Waals surface area contributed by atoms with Gasteiger partial charge < -0.3 is 14.6 Å². The van der Waals surface area contributed by atoms with Crippen LogP contribution in [0.25, 0.3) is 11.3 Å². The van der Waals surface area contributed by atoms with E-state index in [4.69, 9.17) is 0 Å². The van der Waals surface area contributed by atoms with Gasteiger partial charge in [-0.3, -0.25) is 9.78 Å². The third-order valence-electron chi connectivity index (χ3n) is 5.56. The number of fused-ring (bicyclic) bond motifs is 4. The Morgan fingerprint density at radius 3 is 2.85 bits per heavy atom. The summed E-state index contributed by atoms with van der Waals surface area (Å²) in [5, 5.41) is 9.37. The van der Waals surface area contributed by atoms with Gasteiger partial charge in [0.2, 0.25) is 0 Å². The van der Waals surface area contributed by atoms with Crippen LogP contribution in [0.15, 0.2) is 35.3 Å². The van der Waals surface area contributed by atoms with Crippen molar-refractivity contribution in [2.45, 2.75) is 39.3 Å². The molecule has 0 amide bonds. The van der Waals surface area contributed by atoms with Crippen molar-refractivity contribution in [3.05, 3.63) is 52.1 Å². The van der Waals surface area contributed by atoms with E-state index in [0.29, 0.717) is 17.8 Å². The van der Waals surface area contributed by atoms with Gasteiger partial charge in [0.25, 0.3) is 5.56 Å². The Labute approximate surface area is 154 Å². The Morgan fingerprint density at radius 2 is 2.08 bits per heavy atom. The summed E-state index contributed by atoms with van der Waals surface area (Å²) in [5.74, 6) is 1.64. The minimum absolute atomic E-state index is 0.0199. The lowest BCUT2D eigenvalue weighted by Gasteiger charge is -2.43. The molecule has 0 radical (unpaired) electrons. The van der Waals surface area contributed by atoms with Gasteiger partial charge in [-0.25, -0.2) is 0 Å². The molecule has 0 saturated carbocycles. The fraction of sp³-hybridized carbons (Fsp3) is 0.524. The first-order chi connectivity index (χ1) is 12.5. The molecule has 138 valence electrons. The average Bonchev–Trinajstić information content (AvgIpc) is 2.62. The van der Waals surface area contributed by atoms with E-state index in [-0.39, 0.29) is 12.2 Å². The lowest BCUT2D eigenvalue weighted by molar-refractivity contribution is 0.109. The molecule has 26 heavy (non-hydrogen) atoms. The summed E-state index contributed by atoms with van der Waals surface area (Å²) < 4.78 is 1.98. The molecule has 2 aromatic heterocycles. The smallest absolute Gasteiger partial charge is 0.251 e. The number of aliphatic hydroxyl groups excluding tert-OH is 1. The Balaban J connectivity index is 1.71. The summed E-state index contributed by atoms with van der Waals surface area (Å²) in [6.45, 7) is 8.58. The lowest BCUT2D eigenvalue weighted by atomic mass is 9.82. The van der Waals surface area contributed by atoms with Gasteiger partial charge in [0, 0.05) is 55.6 Å². The largest absolute Gasteiger partial charge is 0.392 e. The monoisotopic (exact) mass is 353 g/mol. The van der Waals surface area contributed by atoms with Crippen molar-refractivity contribution in [1.82, 2.24) is 14.5 Å². The van der Waals surface area contributed by atoms with E-state index < -0.39 is 0 Å². The van der Waals surface area contributed by atoms with E-state index >= 15 is 0 Å². The van der Waals surface area contributed by atoms with Crippen molar-refractivity contribution in [3.63, 3.8) is 0 Å². The van der Waals surface area contributed by atoms with Gasteiger partial charge in [0.1, 0.15) is 0 Å². The summed E-state index contributed by atoms with van der Waals surface area (Å²) >= 11 is 0. The molecule has 2 aromatic rings. The Kier molecular flexibility index (Phi) is 4.67. The molecular formula is C21H27N3O2. The molecule has 2 aliphatic heterocycles. The number of hydrogen-bond donors (Lipinski definition) is 1. The highest BCUT2D eigenvalue weighted by molar-refractivity contribution is 5.60. The molecule has 0 unspecified atom stereocenters. The normalized spacial score (nSPS) is 22.5. The molecule has 5 heteroatoms. The minimum atomic E-state index is -0.0199. The van der Waals surface area contributed by atoms with Crippen LogP contribution in [0.1, 0.15) is 37.4 Å². The highest BCUT2D eigenvalue weighted by Gasteiger charge is 2.35. The molecule has 0 aromatic carbocycles. The molecular weight excluding hydrogens is 326 g/mol. The van der Waals surface area contributed by atoms with Gasteiger partial charge in [-0.1, -0.05) is 13.8 Å². The molecule has 2 aliphatic rings. The summed E-state index contributed by atoms with van der Waals surface area (Å²) in [6.07, 6.45) is 2.86. The van der Waals surface area contributed by atoms with Gasteiger partial charge in [-0.15, -0.1) is 0 Å². The van der Waals surface area contributed by atoms with Crippen LogP contribution >= 0.6 is 0 Å². The molecule has 2 atom stereocenters. The molecule has 0 aliphatic carbocycles. The van der Waals surface area contributed by atoms with Gasteiger partial charge in [0.05, 0.1) is 12.3 Å². The van der Waals surface area contributed by atoms with Crippen molar-refractivity contribution < 1.29 is 5.11 Å². The maximum atomic E-state index is 12.8. The van der Waals surface area contributed by atoms with Crippen LogP contribution in [-0.4, -0.2) is 39.2 Å². The topological polar surface area (TPSA) is 58.4 Å². The van der Waals surface area contributed by atoms with Crippen molar-refractivity contribution in [2.24, 2.45) is 11.8 Å². The number of pyridine rings is 2. The number of piperidine rings is 1. The van der Waals surface area contributed by atoms with Crippen LogP contribution in [0.2, 0.25) is 0 Å².